The van der Waals surface area contributed by atoms with Crippen LogP contribution in [0.4, 0.5) is 0 Å². The van der Waals surface area contributed by atoms with Gasteiger partial charge < -0.3 is 4.98 Å². The van der Waals surface area contributed by atoms with Crippen molar-refractivity contribution >= 4 is 32.4 Å². The van der Waals surface area contributed by atoms with Crippen molar-refractivity contribution in [2.45, 2.75) is 0 Å². The van der Waals surface area contributed by atoms with E-state index in [0.29, 0.717) is 0 Å². The van der Waals surface area contributed by atoms with Gasteiger partial charge in [-0.05, 0) is 22.2 Å². The fourth-order valence-corrected chi connectivity index (χ4v) is 2.74. The number of pyridine rings is 1. The second-order valence-corrected chi connectivity index (χ2v) is 4.62. The van der Waals surface area contributed by atoms with Crippen LogP contribution in [0.5, 0.6) is 0 Å². The summed E-state index contributed by atoms with van der Waals surface area (Å²) in [6.45, 7) is 0. The van der Waals surface area contributed by atoms with Crippen LogP contribution in [-0.4, -0.2) is 4.98 Å². The number of H-pyrrole nitrogens is 1. The molecule has 2 nitrogen and oxygen atoms in total. The summed E-state index contributed by atoms with van der Waals surface area (Å²) in [4.78, 5) is 14.5. The predicted molar refractivity (Wildman–Crippen MR) is 78.4 cm³/mol. The molecule has 0 aliphatic heterocycles. The van der Waals surface area contributed by atoms with Crippen molar-refractivity contribution in [3.05, 3.63) is 71.0 Å². The van der Waals surface area contributed by atoms with Gasteiger partial charge in [0.25, 0.3) is 5.56 Å². The van der Waals surface area contributed by atoms with Crippen molar-refractivity contribution in [3.63, 3.8) is 0 Å². The van der Waals surface area contributed by atoms with Crippen molar-refractivity contribution in [2.24, 2.45) is 0 Å². The molecule has 0 saturated heterocycles. The number of hydrogen-bond acceptors (Lipinski definition) is 1. The molecule has 4 rings (SSSR count). The molecule has 0 atom stereocenters. The monoisotopic (exact) mass is 244 g/mol. The summed E-state index contributed by atoms with van der Waals surface area (Å²) in [7, 11) is 0. The molecule has 0 saturated carbocycles. The van der Waals surface area contributed by atoms with Crippen molar-refractivity contribution in [3.8, 4) is 0 Å². The Kier molecular flexibility index (Phi) is 2.00. The zero-order valence-electron chi connectivity index (χ0n) is 10.1. The van der Waals surface area contributed by atoms with Crippen LogP contribution in [0.1, 0.15) is 0 Å². The maximum absolute atomic E-state index is 11.6. The Morgan fingerprint density at radius 2 is 1.26 bits per heavy atom. The number of aromatic nitrogens is 1. The molecule has 0 spiro atoms. The normalized spacial score (nSPS) is 11.4. The first-order chi connectivity index (χ1) is 9.34. The molecule has 0 aliphatic rings. The highest BCUT2D eigenvalue weighted by molar-refractivity contribution is 6.23. The fraction of sp³-hybridized carbons (Fsp3) is 0. The molecule has 2 heteroatoms. The Hall–Kier alpha value is -2.61. The summed E-state index contributed by atoms with van der Waals surface area (Å²) in [5, 5.41) is 5.61. The number of fused-ring (bicyclic) bond motifs is 6. The lowest BCUT2D eigenvalue weighted by Gasteiger charge is -2.09. The Balaban J connectivity index is 2.47. The maximum Gasteiger partial charge on any atom is 0.256 e. The Morgan fingerprint density at radius 1 is 0.737 bits per heavy atom. The van der Waals surface area contributed by atoms with Gasteiger partial charge >= 0.3 is 0 Å². The molecular formula is C17H10NO. The lowest BCUT2D eigenvalue weighted by molar-refractivity contribution is 1.31. The smallest absolute Gasteiger partial charge is 0.256 e. The average Bonchev–Trinajstić information content (AvgIpc) is 2.47. The Bertz CT molecular complexity index is 947. The third-order valence-corrected chi connectivity index (χ3v) is 3.56. The van der Waals surface area contributed by atoms with E-state index in [2.05, 4.69) is 29.2 Å². The molecule has 0 amide bonds. The first-order valence-corrected chi connectivity index (χ1v) is 6.19. The van der Waals surface area contributed by atoms with Crippen molar-refractivity contribution in [2.75, 3.05) is 0 Å². The molecular weight excluding hydrogens is 234 g/mol. The third kappa shape index (κ3) is 1.40. The van der Waals surface area contributed by atoms with Gasteiger partial charge in [-0.1, -0.05) is 48.5 Å². The molecule has 0 aliphatic carbocycles. The standard InChI is InChI=1S/C17H10NO/c19-16-10-9-15-13-7-2-1-5-11(13)12-6-3-4-8-14(12)17(15)18-16/h1-9H,(H,18,19). The third-order valence-electron chi connectivity index (χ3n) is 3.56. The van der Waals surface area contributed by atoms with E-state index in [0.717, 1.165) is 27.1 Å². The van der Waals surface area contributed by atoms with Crippen LogP contribution < -0.4 is 5.56 Å². The molecule has 0 unspecified atom stereocenters. The fourth-order valence-electron chi connectivity index (χ4n) is 2.74. The first-order valence-electron chi connectivity index (χ1n) is 6.19. The van der Waals surface area contributed by atoms with E-state index in [-0.39, 0.29) is 5.56 Å². The van der Waals surface area contributed by atoms with Crippen molar-refractivity contribution in [1.82, 2.24) is 4.98 Å². The molecule has 4 aromatic rings. The summed E-state index contributed by atoms with van der Waals surface area (Å²) in [6.07, 6.45) is 0. The summed E-state index contributed by atoms with van der Waals surface area (Å²) < 4.78 is 0. The van der Waals surface area contributed by atoms with Gasteiger partial charge in [-0.15, -0.1) is 0 Å². The van der Waals surface area contributed by atoms with E-state index in [1.54, 1.807) is 6.07 Å². The van der Waals surface area contributed by atoms with Crippen LogP contribution in [-0.2, 0) is 0 Å². The van der Waals surface area contributed by atoms with Crippen LogP contribution in [0.2, 0.25) is 0 Å². The van der Waals surface area contributed by atoms with E-state index in [4.69, 9.17) is 0 Å². The maximum atomic E-state index is 11.6. The average molecular weight is 244 g/mol. The van der Waals surface area contributed by atoms with E-state index >= 15 is 0 Å². The molecule has 89 valence electrons. The van der Waals surface area contributed by atoms with Gasteiger partial charge in [-0.25, -0.2) is 0 Å². The molecule has 1 heterocycles. The van der Waals surface area contributed by atoms with Crippen LogP contribution >= 0.6 is 0 Å². The molecule has 19 heavy (non-hydrogen) atoms. The highest BCUT2D eigenvalue weighted by Crippen LogP contribution is 2.32. The van der Waals surface area contributed by atoms with Gasteiger partial charge in [-0.2, -0.15) is 0 Å². The summed E-state index contributed by atoms with van der Waals surface area (Å²) in [6, 6.07) is 20.9. The van der Waals surface area contributed by atoms with Crippen LogP contribution in [0.25, 0.3) is 32.4 Å². The molecule has 1 N–H and O–H groups in total. The largest absolute Gasteiger partial charge is 0.321 e. The quantitative estimate of drug-likeness (QED) is 0.471. The van der Waals surface area contributed by atoms with Gasteiger partial charge in [0.05, 0.1) is 11.6 Å². The molecule has 1 aromatic heterocycles. The van der Waals surface area contributed by atoms with Gasteiger partial charge in [0.2, 0.25) is 0 Å². The number of benzene rings is 3. The van der Waals surface area contributed by atoms with Crippen LogP contribution in [0, 0.1) is 6.07 Å². The van der Waals surface area contributed by atoms with Crippen molar-refractivity contribution in [1.29, 1.82) is 0 Å². The van der Waals surface area contributed by atoms with Gasteiger partial charge in [0, 0.05) is 10.8 Å². The van der Waals surface area contributed by atoms with E-state index in [9.17, 15) is 4.79 Å². The predicted octanol–water partition coefficient (Wildman–Crippen LogP) is 3.63. The first kappa shape index (κ1) is 10.3. The number of hydrogen-bond donors (Lipinski definition) is 1. The number of aromatic amines is 1. The zero-order chi connectivity index (χ0) is 12.8. The zero-order valence-corrected chi connectivity index (χ0v) is 10.1. The second kappa shape index (κ2) is 3.69. The highest BCUT2D eigenvalue weighted by Gasteiger charge is 2.07. The van der Waals surface area contributed by atoms with Crippen LogP contribution in [0.3, 0.4) is 0 Å². The van der Waals surface area contributed by atoms with Gasteiger partial charge in [0.15, 0.2) is 0 Å². The minimum atomic E-state index is -0.187. The van der Waals surface area contributed by atoms with Crippen LogP contribution in [0.15, 0.2) is 59.4 Å². The second-order valence-electron chi connectivity index (χ2n) is 4.62. The number of nitrogens with one attached hydrogen (secondary N) is 1. The summed E-state index contributed by atoms with van der Waals surface area (Å²) >= 11 is 0. The minimum absolute atomic E-state index is 0.187. The lowest BCUT2D eigenvalue weighted by Crippen LogP contribution is -2.03. The molecule has 3 aromatic carbocycles. The summed E-state index contributed by atoms with van der Waals surface area (Å²) in [5.74, 6) is 0. The Labute approximate surface area is 109 Å². The summed E-state index contributed by atoms with van der Waals surface area (Å²) in [5.41, 5.74) is 0.700. The molecule has 0 fully saturated rings. The van der Waals surface area contributed by atoms with E-state index < -0.39 is 0 Å². The minimum Gasteiger partial charge on any atom is -0.321 e. The van der Waals surface area contributed by atoms with E-state index in [1.807, 2.05) is 30.3 Å². The van der Waals surface area contributed by atoms with Gasteiger partial charge in [-0.3, -0.25) is 4.79 Å². The van der Waals surface area contributed by atoms with Crippen molar-refractivity contribution < 1.29 is 0 Å². The Morgan fingerprint density at radius 3 is 1.95 bits per heavy atom. The highest BCUT2D eigenvalue weighted by atomic mass is 16.1. The topological polar surface area (TPSA) is 32.9 Å². The SMILES string of the molecule is O=c1[c]cc2c3ccccc3c3ccccc3c2[nH]1. The van der Waals surface area contributed by atoms with Gasteiger partial charge in [0.1, 0.15) is 0 Å². The lowest BCUT2D eigenvalue weighted by atomic mass is 9.97. The number of rotatable bonds is 0. The molecule has 0 bridgehead atoms. The molecule has 1 radical (unpaired) electrons. The van der Waals surface area contributed by atoms with E-state index in [1.165, 1.54) is 5.39 Å².